The molecule has 0 saturated heterocycles. The van der Waals surface area contributed by atoms with E-state index in [2.05, 4.69) is 0 Å². The third-order valence-electron chi connectivity index (χ3n) is 2.76. The van der Waals surface area contributed by atoms with Crippen LogP contribution < -0.4 is 0 Å². The number of aliphatic carboxylic acids is 1. The first-order valence-corrected chi connectivity index (χ1v) is 5.64. The highest BCUT2D eigenvalue weighted by Gasteiger charge is 2.31. The molecular weight excluding hydrogens is 234 g/mol. The molecule has 2 radical (unpaired) electrons. The van der Waals surface area contributed by atoms with Crippen LogP contribution >= 0.6 is 12.4 Å². The van der Waals surface area contributed by atoms with Gasteiger partial charge in [0.2, 0.25) is 0 Å². The van der Waals surface area contributed by atoms with Crippen LogP contribution in [0.4, 0.5) is 0 Å². The van der Waals surface area contributed by atoms with Gasteiger partial charge in [-0.1, -0.05) is 50.1 Å². The molecule has 0 fully saturated rings. The van der Waals surface area contributed by atoms with Crippen LogP contribution in [-0.2, 0) is 11.2 Å². The molecule has 4 heteroatoms. The standard InChI is InChI=1S/C13H17BO2.ClH/c1-2-3-9-13(14,12(15)16)10-11-7-5-4-6-8-11;/h4-8H,2-3,9-10H2,1H3,(H,15,16);1H. The molecule has 17 heavy (non-hydrogen) atoms. The molecule has 0 saturated carbocycles. The number of halogens is 1. The average molecular weight is 253 g/mol. The van der Waals surface area contributed by atoms with Gasteiger partial charge >= 0.3 is 5.97 Å². The number of carboxylic acids is 1. The molecule has 0 aliphatic heterocycles. The Balaban J connectivity index is 0.00000256. The second-order valence-electron chi connectivity index (χ2n) is 4.23. The third kappa shape index (κ3) is 4.82. The minimum atomic E-state index is -1.13. The van der Waals surface area contributed by atoms with E-state index in [1.54, 1.807) is 0 Å². The van der Waals surface area contributed by atoms with E-state index in [0.29, 0.717) is 12.8 Å². The zero-order valence-corrected chi connectivity index (χ0v) is 10.9. The quantitative estimate of drug-likeness (QED) is 0.789. The van der Waals surface area contributed by atoms with Gasteiger partial charge in [0.1, 0.15) is 0 Å². The minimum absolute atomic E-state index is 0. The number of benzene rings is 1. The molecule has 1 unspecified atom stereocenters. The number of unbranched alkanes of at least 4 members (excludes halogenated alkanes) is 1. The van der Waals surface area contributed by atoms with Crippen LogP contribution in [0, 0.1) is 0 Å². The first kappa shape index (κ1) is 16.0. The van der Waals surface area contributed by atoms with Gasteiger partial charge in [-0.25, -0.2) is 0 Å². The lowest BCUT2D eigenvalue weighted by Gasteiger charge is -2.25. The highest BCUT2D eigenvalue weighted by molar-refractivity contribution is 6.26. The lowest BCUT2D eigenvalue weighted by atomic mass is 9.62. The SMILES string of the molecule is Cl.[B]C(CCCC)(Cc1ccccc1)C(=O)O. The van der Waals surface area contributed by atoms with Crippen LogP contribution in [0.25, 0.3) is 0 Å². The van der Waals surface area contributed by atoms with Gasteiger partial charge in [-0.3, -0.25) is 4.79 Å². The average Bonchev–Trinajstić information content (AvgIpc) is 2.27. The van der Waals surface area contributed by atoms with Crippen LogP contribution in [0.3, 0.4) is 0 Å². The molecule has 0 aliphatic carbocycles. The van der Waals surface area contributed by atoms with E-state index in [0.717, 1.165) is 18.4 Å². The lowest BCUT2D eigenvalue weighted by Crippen LogP contribution is -2.26. The third-order valence-corrected chi connectivity index (χ3v) is 2.76. The van der Waals surface area contributed by atoms with Crippen LogP contribution in [-0.4, -0.2) is 18.9 Å². The smallest absolute Gasteiger partial charge is 0.300 e. The summed E-state index contributed by atoms with van der Waals surface area (Å²) in [5.74, 6) is -0.912. The van der Waals surface area contributed by atoms with Crippen molar-refractivity contribution in [2.24, 2.45) is 0 Å². The number of hydrogen-bond acceptors (Lipinski definition) is 1. The predicted molar refractivity (Wildman–Crippen MR) is 73.0 cm³/mol. The zero-order valence-electron chi connectivity index (χ0n) is 10.1. The highest BCUT2D eigenvalue weighted by Crippen LogP contribution is 2.33. The molecule has 2 nitrogen and oxygen atoms in total. The molecule has 1 N–H and O–H groups in total. The summed E-state index contributed by atoms with van der Waals surface area (Å²) in [6.07, 6.45) is 2.72. The largest absolute Gasteiger partial charge is 0.481 e. The van der Waals surface area contributed by atoms with Crippen LogP contribution in [0.5, 0.6) is 0 Å². The maximum atomic E-state index is 11.2. The molecule has 0 spiro atoms. The molecule has 1 aromatic carbocycles. The van der Waals surface area contributed by atoms with E-state index in [1.807, 2.05) is 37.3 Å². The Bertz CT molecular complexity index is 343. The van der Waals surface area contributed by atoms with Gasteiger partial charge in [-0.15, -0.1) is 12.4 Å². The van der Waals surface area contributed by atoms with Gasteiger partial charge in [-0.2, -0.15) is 0 Å². The van der Waals surface area contributed by atoms with E-state index in [9.17, 15) is 9.90 Å². The normalized spacial score (nSPS) is 13.5. The first-order valence-electron chi connectivity index (χ1n) is 5.64. The first-order chi connectivity index (χ1) is 7.58. The van der Waals surface area contributed by atoms with Gasteiger partial charge < -0.3 is 5.11 Å². The molecule has 1 rings (SSSR count). The van der Waals surface area contributed by atoms with Crippen molar-refractivity contribution in [3.63, 3.8) is 0 Å². The van der Waals surface area contributed by atoms with Crippen molar-refractivity contribution < 1.29 is 9.90 Å². The summed E-state index contributed by atoms with van der Waals surface area (Å²) in [6.45, 7) is 2.03. The zero-order chi connectivity index (χ0) is 12.0. The van der Waals surface area contributed by atoms with Crippen molar-refractivity contribution in [1.82, 2.24) is 0 Å². The van der Waals surface area contributed by atoms with Gasteiger partial charge in [0.25, 0.3) is 0 Å². The van der Waals surface area contributed by atoms with E-state index in [1.165, 1.54) is 0 Å². The molecule has 0 aliphatic rings. The van der Waals surface area contributed by atoms with Gasteiger partial charge in [0, 0.05) is 5.31 Å². The summed E-state index contributed by atoms with van der Waals surface area (Å²) in [6, 6.07) is 9.54. The second kappa shape index (κ2) is 7.39. The fourth-order valence-corrected chi connectivity index (χ4v) is 1.72. The second-order valence-corrected chi connectivity index (χ2v) is 4.23. The maximum Gasteiger partial charge on any atom is 0.300 e. The molecule has 1 aromatic rings. The topological polar surface area (TPSA) is 37.3 Å². The monoisotopic (exact) mass is 252 g/mol. The minimum Gasteiger partial charge on any atom is -0.481 e. The number of carboxylic acid groups (broad SMARTS) is 1. The molecule has 0 amide bonds. The predicted octanol–water partition coefficient (Wildman–Crippen LogP) is 3.25. The number of hydrogen-bond donors (Lipinski definition) is 1. The Kier molecular flexibility index (Phi) is 6.97. The van der Waals surface area contributed by atoms with Crippen molar-refractivity contribution in [2.45, 2.75) is 37.9 Å². The lowest BCUT2D eigenvalue weighted by molar-refractivity contribution is -0.140. The van der Waals surface area contributed by atoms with E-state index in [-0.39, 0.29) is 12.4 Å². The summed E-state index contributed by atoms with van der Waals surface area (Å²) in [5.41, 5.74) is 0.975. The maximum absolute atomic E-state index is 11.2. The van der Waals surface area contributed by atoms with E-state index < -0.39 is 11.3 Å². The summed E-state index contributed by atoms with van der Waals surface area (Å²) >= 11 is 0. The summed E-state index contributed by atoms with van der Waals surface area (Å²) in [5, 5.41) is 8.07. The van der Waals surface area contributed by atoms with Gasteiger partial charge in [0.15, 0.2) is 0 Å². The molecule has 0 bridgehead atoms. The van der Waals surface area contributed by atoms with Crippen molar-refractivity contribution >= 4 is 26.2 Å². The Morgan fingerprint density at radius 3 is 2.41 bits per heavy atom. The Labute approximate surface area is 110 Å². The Morgan fingerprint density at radius 1 is 1.35 bits per heavy atom. The molecule has 0 aromatic heterocycles. The molecular formula is C13H18BClO2. The van der Waals surface area contributed by atoms with E-state index in [4.69, 9.17) is 7.85 Å². The Morgan fingerprint density at radius 2 is 1.94 bits per heavy atom. The fraction of sp³-hybridized carbons (Fsp3) is 0.462. The molecule has 92 valence electrons. The number of rotatable bonds is 6. The van der Waals surface area contributed by atoms with Crippen molar-refractivity contribution in [2.75, 3.05) is 0 Å². The van der Waals surface area contributed by atoms with Crippen LogP contribution in [0.15, 0.2) is 30.3 Å². The summed E-state index contributed by atoms with van der Waals surface area (Å²) in [7, 11) is 5.96. The van der Waals surface area contributed by atoms with Crippen molar-refractivity contribution in [1.29, 1.82) is 0 Å². The van der Waals surface area contributed by atoms with E-state index >= 15 is 0 Å². The summed E-state index contributed by atoms with van der Waals surface area (Å²) < 4.78 is 0. The van der Waals surface area contributed by atoms with Crippen LogP contribution in [0.2, 0.25) is 5.31 Å². The number of carbonyl (C=O) groups is 1. The van der Waals surface area contributed by atoms with Gasteiger partial charge in [-0.05, 0) is 18.4 Å². The van der Waals surface area contributed by atoms with Gasteiger partial charge in [0.05, 0.1) is 7.85 Å². The van der Waals surface area contributed by atoms with Crippen LogP contribution in [0.1, 0.15) is 31.7 Å². The van der Waals surface area contributed by atoms with Crippen molar-refractivity contribution in [3.8, 4) is 0 Å². The summed E-state index contributed by atoms with van der Waals surface area (Å²) in [4.78, 5) is 11.2. The molecule has 0 heterocycles. The Hall–Kier alpha value is -0.955. The van der Waals surface area contributed by atoms with Crippen molar-refractivity contribution in [3.05, 3.63) is 35.9 Å². The fourth-order valence-electron chi connectivity index (χ4n) is 1.72. The molecule has 1 atom stereocenters. The highest BCUT2D eigenvalue weighted by atomic mass is 35.5.